The van der Waals surface area contributed by atoms with Gasteiger partial charge in [0.15, 0.2) is 0 Å². The third-order valence-corrected chi connectivity index (χ3v) is 6.93. The summed E-state index contributed by atoms with van der Waals surface area (Å²) in [6, 6.07) is 22.0. The minimum absolute atomic E-state index is 0.0289. The van der Waals surface area contributed by atoms with Gasteiger partial charge in [0.2, 0.25) is 0 Å². The number of nitrogens with one attached hydrogen (secondary N) is 1. The minimum Gasteiger partial charge on any atom is -0.497 e. The fraction of sp³-hybridized carbons (Fsp3) is 0.393. The molecule has 182 valence electrons. The standard InChI is InChI=1S/C28H37N3O2S/c1-4-20(2)27(30-16-23(29)19-34)18-31(17-21-12-14-24(33-3)15-13-21)28(32)26-11-7-9-22-8-5-6-10-25(22)26/h5-15,20,23,27,30,34H,4,16-19,29H2,1-3H3/t20-,23+,27+/m0/s1. The van der Waals surface area contributed by atoms with Crippen molar-refractivity contribution in [2.75, 3.05) is 26.0 Å². The summed E-state index contributed by atoms with van der Waals surface area (Å²) in [7, 11) is 1.66. The van der Waals surface area contributed by atoms with E-state index in [1.807, 2.05) is 71.6 Å². The molecule has 0 aliphatic carbocycles. The molecular formula is C28H37N3O2S. The second-order valence-electron chi connectivity index (χ2n) is 8.90. The van der Waals surface area contributed by atoms with Crippen LogP contribution in [0, 0.1) is 5.92 Å². The van der Waals surface area contributed by atoms with E-state index in [1.54, 1.807) is 7.11 Å². The lowest BCUT2D eigenvalue weighted by molar-refractivity contribution is 0.0712. The number of ether oxygens (including phenoxy) is 1. The van der Waals surface area contributed by atoms with Crippen molar-refractivity contribution in [1.29, 1.82) is 0 Å². The zero-order valence-corrected chi connectivity index (χ0v) is 21.3. The van der Waals surface area contributed by atoms with Gasteiger partial charge in [0.25, 0.3) is 5.91 Å². The fourth-order valence-corrected chi connectivity index (χ4v) is 4.22. The first kappa shape index (κ1) is 26.1. The number of hydrogen-bond donors (Lipinski definition) is 3. The van der Waals surface area contributed by atoms with Crippen LogP contribution in [0.25, 0.3) is 10.8 Å². The highest BCUT2D eigenvalue weighted by molar-refractivity contribution is 7.80. The third kappa shape index (κ3) is 6.75. The van der Waals surface area contributed by atoms with Crippen LogP contribution in [0.1, 0.15) is 36.2 Å². The van der Waals surface area contributed by atoms with Crippen molar-refractivity contribution < 1.29 is 9.53 Å². The molecule has 0 radical (unpaired) electrons. The lowest BCUT2D eigenvalue weighted by Crippen LogP contribution is -2.50. The number of rotatable bonds is 12. The molecule has 3 aromatic carbocycles. The van der Waals surface area contributed by atoms with E-state index < -0.39 is 0 Å². The van der Waals surface area contributed by atoms with Gasteiger partial charge in [-0.15, -0.1) is 0 Å². The van der Waals surface area contributed by atoms with Gasteiger partial charge >= 0.3 is 0 Å². The van der Waals surface area contributed by atoms with E-state index in [0.717, 1.165) is 34.1 Å². The molecular weight excluding hydrogens is 442 g/mol. The molecule has 1 amide bonds. The fourth-order valence-electron chi connectivity index (χ4n) is 4.09. The summed E-state index contributed by atoms with van der Waals surface area (Å²) in [6.07, 6.45) is 1.01. The van der Waals surface area contributed by atoms with Crippen molar-refractivity contribution in [1.82, 2.24) is 10.2 Å². The highest BCUT2D eigenvalue weighted by Gasteiger charge is 2.25. The van der Waals surface area contributed by atoms with Crippen molar-refractivity contribution in [2.45, 2.75) is 38.9 Å². The third-order valence-electron chi connectivity index (χ3n) is 6.46. The largest absolute Gasteiger partial charge is 0.497 e. The molecule has 0 aromatic heterocycles. The first-order valence-electron chi connectivity index (χ1n) is 12.0. The number of fused-ring (bicyclic) bond motifs is 1. The molecule has 0 spiro atoms. The van der Waals surface area contributed by atoms with Crippen LogP contribution < -0.4 is 15.8 Å². The second-order valence-corrected chi connectivity index (χ2v) is 9.27. The Labute approximate surface area is 209 Å². The van der Waals surface area contributed by atoms with E-state index in [9.17, 15) is 4.79 Å². The van der Waals surface area contributed by atoms with Crippen molar-refractivity contribution >= 4 is 29.3 Å². The molecule has 3 atom stereocenters. The van der Waals surface area contributed by atoms with Gasteiger partial charge in [0.05, 0.1) is 7.11 Å². The molecule has 34 heavy (non-hydrogen) atoms. The van der Waals surface area contributed by atoms with Crippen LogP contribution in [0.4, 0.5) is 0 Å². The molecule has 0 bridgehead atoms. The molecule has 0 aliphatic heterocycles. The number of hydrogen-bond acceptors (Lipinski definition) is 5. The summed E-state index contributed by atoms with van der Waals surface area (Å²) in [4.78, 5) is 15.9. The number of benzene rings is 3. The molecule has 0 aliphatic rings. The Morgan fingerprint density at radius 2 is 1.79 bits per heavy atom. The first-order valence-corrected chi connectivity index (χ1v) is 12.6. The zero-order chi connectivity index (χ0) is 24.5. The number of nitrogens with zero attached hydrogens (tertiary/aromatic N) is 1. The molecule has 0 saturated carbocycles. The Bertz CT molecular complexity index is 1050. The summed E-state index contributed by atoms with van der Waals surface area (Å²) in [5.41, 5.74) is 7.91. The molecule has 0 heterocycles. The molecule has 3 aromatic rings. The number of carbonyl (C=O) groups is 1. The predicted molar refractivity (Wildman–Crippen MR) is 145 cm³/mol. The Morgan fingerprint density at radius 1 is 1.09 bits per heavy atom. The number of nitrogens with two attached hydrogens (primary N) is 1. The number of thiol groups is 1. The number of carbonyl (C=O) groups excluding carboxylic acids is 1. The number of amides is 1. The maximum atomic E-state index is 14.0. The summed E-state index contributed by atoms with van der Waals surface area (Å²) >= 11 is 4.32. The van der Waals surface area contributed by atoms with Crippen LogP contribution >= 0.6 is 12.6 Å². The van der Waals surface area contributed by atoms with E-state index in [0.29, 0.717) is 31.3 Å². The topological polar surface area (TPSA) is 67.6 Å². The maximum Gasteiger partial charge on any atom is 0.254 e. The average Bonchev–Trinajstić information content (AvgIpc) is 2.89. The molecule has 3 rings (SSSR count). The summed E-state index contributed by atoms with van der Waals surface area (Å²) in [6.45, 7) is 6.16. The van der Waals surface area contributed by atoms with E-state index in [1.165, 1.54) is 0 Å². The van der Waals surface area contributed by atoms with Crippen LogP contribution in [0.5, 0.6) is 5.75 Å². The second kappa shape index (κ2) is 12.8. The SMILES string of the molecule is CC[C@H](C)[C@@H](CN(Cc1ccc(OC)cc1)C(=O)c1cccc2ccccc12)NC[C@@H](N)CS. The van der Waals surface area contributed by atoms with E-state index in [4.69, 9.17) is 10.5 Å². The summed E-state index contributed by atoms with van der Waals surface area (Å²) < 4.78 is 5.31. The van der Waals surface area contributed by atoms with Crippen molar-refractivity contribution in [3.05, 3.63) is 77.9 Å². The van der Waals surface area contributed by atoms with Crippen LogP contribution in [0.2, 0.25) is 0 Å². The lowest BCUT2D eigenvalue weighted by Gasteiger charge is -2.32. The van der Waals surface area contributed by atoms with Crippen LogP contribution in [0.3, 0.4) is 0 Å². The summed E-state index contributed by atoms with van der Waals surface area (Å²) in [5.74, 6) is 1.83. The summed E-state index contributed by atoms with van der Waals surface area (Å²) in [5, 5.41) is 5.65. The molecule has 5 nitrogen and oxygen atoms in total. The van der Waals surface area contributed by atoms with Gasteiger partial charge in [-0.05, 0) is 40.5 Å². The van der Waals surface area contributed by atoms with Crippen LogP contribution in [-0.4, -0.2) is 48.8 Å². The lowest BCUT2D eigenvalue weighted by atomic mass is 9.97. The van der Waals surface area contributed by atoms with E-state index >= 15 is 0 Å². The predicted octanol–water partition coefficient (Wildman–Crippen LogP) is 4.75. The maximum absolute atomic E-state index is 14.0. The van der Waals surface area contributed by atoms with Gasteiger partial charge in [-0.25, -0.2) is 0 Å². The van der Waals surface area contributed by atoms with E-state index in [-0.39, 0.29) is 18.0 Å². The van der Waals surface area contributed by atoms with Gasteiger partial charge in [0.1, 0.15) is 5.75 Å². The molecule has 3 N–H and O–H groups in total. The zero-order valence-electron chi connectivity index (χ0n) is 20.4. The average molecular weight is 480 g/mol. The monoisotopic (exact) mass is 479 g/mol. The Kier molecular flexibility index (Phi) is 9.81. The normalized spacial score (nSPS) is 13.9. The molecule has 0 unspecified atom stereocenters. The Morgan fingerprint density at radius 3 is 2.47 bits per heavy atom. The Balaban J connectivity index is 1.93. The molecule has 0 fully saturated rings. The first-order chi connectivity index (χ1) is 16.5. The quantitative estimate of drug-likeness (QED) is 0.328. The van der Waals surface area contributed by atoms with Gasteiger partial charge in [0, 0.05) is 43.0 Å². The highest BCUT2D eigenvalue weighted by atomic mass is 32.1. The van der Waals surface area contributed by atoms with Crippen LogP contribution in [0.15, 0.2) is 66.7 Å². The van der Waals surface area contributed by atoms with Gasteiger partial charge in [-0.2, -0.15) is 12.6 Å². The van der Waals surface area contributed by atoms with Crippen molar-refractivity contribution in [3.63, 3.8) is 0 Å². The van der Waals surface area contributed by atoms with Crippen LogP contribution in [-0.2, 0) is 6.54 Å². The van der Waals surface area contributed by atoms with Crippen molar-refractivity contribution in [3.8, 4) is 5.75 Å². The minimum atomic E-state index is -0.0290. The van der Waals surface area contributed by atoms with Gasteiger partial charge < -0.3 is 20.7 Å². The smallest absolute Gasteiger partial charge is 0.254 e. The molecule has 0 saturated heterocycles. The number of methoxy groups -OCH3 is 1. The van der Waals surface area contributed by atoms with Gasteiger partial charge in [-0.1, -0.05) is 68.8 Å². The van der Waals surface area contributed by atoms with Gasteiger partial charge in [-0.3, -0.25) is 4.79 Å². The van der Waals surface area contributed by atoms with Crippen molar-refractivity contribution in [2.24, 2.45) is 11.7 Å². The molecule has 6 heteroatoms. The Hall–Kier alpha value is -2.54. The highest BCUT2D eigenvalue weighted by Crippen LogP contribution is 2.23. The van der Waals surface area contributed by atoms with E-state index in [2.05, 4.69) is 31.8 Å².